The molecule has 0 spiro atoms. The van der Waals surface area contributed by atoms with E-state index in [0.717, 1.165) is 10.2 Å². The van der Waals surface area contributed by atoms with Gasteiger partial charge >= 0.3 is 0 Å². The van der Waals surface area contributed by atoms with Crippen LogP contribution in [0, 0.1) is 12.7 Å². The number of benzene rings is 2. The summed E-state index contributed by atoms with van der Waals surface area (Å²) in [7, 11) is 1.60. The molecule has 100 valence electrons. The molecule has 0 aliphatic carbocycles. The maximum atomic E-state index is 13.3. The largest absolute Gasteiger partial charge is 0.497 e. The van der Waals surface area contributed by atoms with E-state index in [1.54, 1.807) is 20.1 Å². The average Bonchev–Trinajstić information content (AvgIpc) is 2.35. The van der Waals surface area contributed by atoms with Crippen LogP contribution in [-0.4, -0.2) is 7.11 Å². The first-order valence-corrected chi connectivity index (χ1v) is 6.46. The van der Waals surface area contributed by atoms with Crippen LogP contribution in [0.5, 0.6) is 5.75 Å². The first kappa shape index (κ1) is 13.7. The van der Waals surface area contributed by atoms with Gasteiger partial charge in [0.2, 0.25) is 0 Å². The first-order valence-electron chi connectivity index (χ1n) is 5.67. The highest BCUT2D eigenvalue weighted by Crippen LogP contribution is 2.30. The van der Waals surface area contributed by atoms with E-state index in [-0.39, 0.29) is 5.82 Å². The molecule has 0 saturated carbocycles. The summed E-state index contributed by atoms with van der Waals surface area (Å²) in [6.45, 7) is 1.70. The van der Waals surface area contributed by atoms with Gasteiger partial charge < -0.3 is 15.8 Å². The van der Waals surface area contributed by atoms with Gasteiger partial charge in [0.15, 0.2) is 0 Å². The molecule has 2 rings (SSSR count). The Bertz CT molecular complexity index is 617. The lowest BCUT2D eigenvalue weighted by molar-refractivity contribution is 0.415. The molecule has 0 heterocycles. The quantitative estimate of drug-likeness (QED) is 0.830. The number of nitrogen functional groups attached to an aromatic ring is 1. The minimum absolute atomic E-state index is 0.310. The van der Waals surface area contributed by atoms with Crippen LogP contribution in [-0.2, 0) is 0 Å². The van der Waals surface area contributed by atoms with Crippen molar-refractivity contribution in [3.05, 3.63) is 46.2 Å². The second-order valence-electron chi connectivity index (χ2n) is 4.19. The Morgan fingerprint density at radius 2 is 1.95 bits per heavy atom. The Balaban J connectivity index is 2.36. The van der Waals surface area contributed by atoms with Crippen molar-refractivity contribution in [1.82, 2.24) is 0 Å². The van der Waals surface area contributed by atoms with Gasteiger partial charge in [-0.1, -0.05) is 15.9 Å². The minimum atomic E-state index is -0.310. The molecule has 0 radical (unpaired) electrons. The SMILES string of the molecule is COc1cc(Br)cc(Nc2cc(C)c(F)cc2N)c1. The summed E-state index contributed by atoms with van der Waals surface area (Å²) >= 11 is 3.40. The number of ether oxygens (including phenoxy) is 1. The van der Waals surface area contributed by atoms with Gasteiger partial charge in [0.05, 0.1) is 18.5 Å². The molecule has 2 aromatic rings. The molecule has 19 heavy (non-hydrogen) atoms. The molecule has 0 amide bonds. The van der Waals surface area contributed by atoms with Crippen LogP contribution < -0.4 is 15.8 Å². The maximum absolute atomic E-state index is 13.3. The molecule has 0 atom stereocenters. The molecule has 2 aromatic carbocycles. The highest BCUT2D eigenvalue weighted by Gasteiger charge is 2.06. The number of hydrogen-bond acceptors (Lipinski definition) is 3. The average molecular weight is 325 g/mol. The van der Waals surface area contributed by atoms with Crippen molar-refractivity contribution in [2.24, 2.45) is 0 Å². The van der Waals surface area contributed by atoms with Gasteiger partial charge in [-0.05, 0) is 36.8 Å². The summed E-state index contributed by atoms with van der Waals surface area (Å²) < 4.78 is 19.4. The molecular weight excluding hydrogens is 311 g/mol. The molecular formula is C14H14BrFN2O. The molecule has 0 aliphatic heterocycles. The fourth-order valence-electron chi connectivity index (χ4n) is 1.71. The van der Waals surface area contributed by atoms with Crippen LogP contribution in [0.4, 0.5) is 21.5 Å². The van der Waals surface area contributed by atoms with Crippen molar-refractivity contribution in [2.45, 2.75) is 6.92 Å². The lowest BCUT2D eigenvalue weighted by Crippen LogP contribution is -1.99. The second kappa shape index (κ2) is 5.48. The molecule has 0 aliphatic rings. The van der Waals surface area contributed by atoms with E-state index in [1.807, 2.05) is 18.2 Å². The zero-order valence-corrected chi connectivity index (χ0v) is 12.2. The molecule has 0 unspecified atom stereocenters. The van der Waals surface area contributed by atoms with Crippen molar-refractivity contribution in [3.63, 3.8) is 0 Å². The summed E-state index contributed by atoms with van der Waals surface area (Å²) in [5, 5.41) is 3.15. The monoisotopic (exact) mass is 324 g/mol. The van der Waals surface area contributed by atoms with E-state index in [1.165, 1.54) is 6.07 Å². The van der Waals surface area contributed by atoms with Crippen LogP contribution in [0.1, 0.15) is 5.56 Å². The van der Waals surface area contributed by atoms with Gasteiger partial charge in [0.25, 0.3) is 0 Å². The minimum Gasteiger partial charge on any atom is -0.497 e. The number of rotatable bonds is 3. The summed E-state index contributed by atoms with van der Waals surface area (Å²) in [5.74, 6) is 0.407. The molecule has 3 nitrogen and oxygen atoms in total. The van der Waals surface area contributed by atoms with Gasteiger partial charge in [-0.2, -0.15) is 0 Å². The van der Waals surface area contributed by atoms with Crippen LogP contribution in [0.25, 0.3) is 0 Å². The third-order valence-corrected chi connectivity index (χ3v) is 3.17. The number of halogens is 2. The van der Waals surface area contributed by atoms with Gasteiger partial charge in [-0.15, -0.1) is 0 Å². The number of hydrogen-bond donors (Lipinski definition) is 2. The number of anilines is 3. The zero-order chi connectivity index (χ0) is 14.0. The number of nitrogens with one attached hydrogen (secondary N) is 1. The highest BCUT2D eigenvalue weighted by atomic mass is 79.9. The van der Waals surface area contributed by atoms with Gasteiger partial charge in [0, 0.05) is 16.2 Å². The normalized spacial score (nSPS) is 10.3. The van der Waals surface area contributed by atoms with Crippen molar-refractivity contribution >= 4 is 33.0 Å². The van der Waals surface area contributed by atoms with Crippen molar-refractivity contribution in [3.8, 4) is 5.75 Å². The predicted molar refractivity (Wildman–Crippen MR) is 79.5 cm³/mol. The molecule has 0 saturated heterocycles. The van der Waals surface area contributed by atoms with E-state index >= 15 is 0 Å². The molecule has 5 heteroatoms. The molecule has 0 fully saturated rings. The Morgan fingerprint density at radius 3 is 2.63 bits per heavy atom. The van der Waals surface area contributed by atoms with Crippen LogP contribution >= 0.6 is 15.9 Å². The van der Waals surface area contributed by atoms with Crippen molar-refractivity contribution in [2.75, 3.05) is 18.2 Å². The first-order chi connectivity index (χ1) is 8.99. The summed E-state index contributed by atoms with van der Waals surface area (Å²) in [6.07, 6.45) is 0. The lowest BCUT2D eigenvalue weighted by atomic mass is 10.1. The van der Waals surface area contributed by atoms with Gasteiger partial charge in [0.1, 0.15) is 11.6 Å². The zero-order valence-electron chi connectivity index (χ0n) is 10.6. The predicted octanol–water partition coefficient (Wildman–Crippen LogP) is 4.23. The fraction of sp³-hybridized carbons (Fsp3) is 0.143. The van der Waals surface area contributed by atoms with E-state index in [4.69, 9.17) is 10.5 Å². The fourth-order valence-corrected chi connectivity index (χ4v) is 2.19. The Hall–Kier alpha value is -1.75. The van der Waals surface area contributed by atoms with Crippen LogP contribution in [0.15, 0.2) is 34.8 Å². The second-order valence-corrected chi connectivity index (χ2v) is 5.11. The van der Waals surface area contributed by atoms with Crippen molar-refractivity contribution < 1.29 is 9.13 Å². The standard InChI is InChI=1S/C14H14BrFN2O/c1-8-3-14(13(17)7-12(8)16)18-10-4-9(15)5-11(6-10)19-2/h3-7,18H,17H2,1-2H3. The Labute approximate surface area is 119 Å². The van der Waals surface area contributed by atoms with Crippen molar-refractivity contribution in [1.29, 1.82) is 0 Å². The number of aryl methyl sites for hydroxylation is 1. The Morgan fingerprint density at radius 1 is 1.21 bits per heavy atom. The lowest BCUT2D eigenvalue weighted by Gasteiger charge is -2.12. The Kier molecular flexibility index (Phi) is 3.95. The van der Waals surface area contributed by atoms with E-state index in [2.05, 4.69) is 21.2 Å². The third kappa shape index (κ3) is 3.17. The van der Waals surface area contributed by atoms with Gasteiger partial charge in [-0.3, -0.25) is 0 Å². The molecule has 0 bridgehead atoms. The van der Waals surface area contributed by atoms with Crippen LogP contribution in [0.3, 0.4) is 0 Å². The maximum Gasteiger partial charge on any atom is 0.128 e. The topological polar surface area (TPSA) is 47.3 Å². The molecule has 3 N–H and O–H groups in total. The summed E-state index contributed by atoms with van der Waals surface area (Å²) in [5.41, 5.74) is 8.18. The highest BCUT2D eigenvalue weighted by molar-refractivity contribution is 9.10. The third-order valence-electron chi connectivity index (χ3n) is 2.72. The van der Waals surface area contributed by atoms with E-state index in [0.29, 0.717) is 22.7 Å². The number of methoxy groups -OCH3 is 1. The molecule has 0 aromatic heterocycles. The summed E-state index contributed by atoms with van der Waals surface area (Å²) in [4.78, 5) is 0. The van der Waals surface area contributed by atoms with E-state index < -0.39 is 0 Å². The van der Waals surface area contributed by atoms with Gasteiger partial charge in [-0.25, -0.2) is 4.39 Å². The van der Waals surface area contributed by atoms with Crippen LogP contribution in [0.2, 0.25) is 0 Å². The summed E-state index contributed by atoms with van der Waals surface area (Å²) in [6, 6.07) is 8.57. The van der Waals surface area contributed by atoms with E-state index in [9.17, 15) is 4.39 Å². The number of nitrogens with two attached hydrogens (primary N) is 1. The smallest absolute Gasteiger partial charge is 0.128 e.